The summed E-state index contributed by atoms with van der Waals surface area (Å²) in [5, 5.41) is 0. The zero-order valence-electron chi connectivity index (χ0n) is 15.2. The minimum atomic E-state index is -0.362. The van der Waals surface area contributed by atoms with Gasteiger partial charge in [-0.15, -0.1) is 0 Å². The molecule has 1 aliphatic rings. The van der Waals surface area contributed by atoms with Crippen molar-refractivity contribution >= 4 is 5.91 Å². The van der Waals surface area contributed by atoms with Gasteiger partial charge in [-0.1, -0.05) is 18.2 Å². The van der Waals surface area contributed by atoms with Crippen molar-refractivity contribution in [2.75, 3.05) is 20.3 Å². The van der Waals surface area contributed by atoms with E-state index in [-0.39, 0.29) is 23.9 Å². The summed E-state index contributed by atoms with van der Waals surface area (Å²) in [6.45, 7) is 3.14. The second kappa shape index (κ2) is 8.32. The number of carbonyl (C=O) groups excluding carboxylic acids is 1. The minimum absolute atomic E-state index is 0.157. The van der Waals surface area contributed by atoms with Crippen molar-refractivity contribution in [1.29, 1.82) is 0 Å². The standard InChI is InChI=1S/C21H24FNO3/c1-15(19-7-3-4-8-20(19)22)23(2)21(24)16-9-11-17(12-10-16)26-14-18-6-5-13-25-18/h3-4,7-12,15,18H,5-6,13-14H2,1-2H3. The minimum Gasteiger partial charge on any atom is -0.491 e. The maximum atomic E-state index is 14.0. The van der Waals surface area contributed by atoms with Crippen molar-refractivity contribution in [2.24, 2.45) is 0 Å². The van der Waals surface area contributed by atoms with Crippen molar-refractivity contribution in [2.45, 2.75) is 31.9 Å². The molecule has 2 atom stereocenters. The van der Waals surface area contributed by atoms with E-state index in [0.29, 0.717) is 23.5 Å². The molecule has 5 heteroatoms. The quantitative estimate of drug-likeness (QED) is 0.777. The van der Waals surface area contributed by atoms with Crippen molar-refractivity contribution in [3.63, 3.8) is 0 Å². The Labute approximate surface area is 153 Å². The molecule has 26 heavy (non-hydrogen) atoms. The van der Waals surface area contributed by atoms with Gasteiger partial charge in [0.05, 0.1) is 12.1 Å². The number of carbonyl (C=O) groups is 1. The summed E-state index contributed by atoms with van der Waals surface area (Å²) < 4.78 is 25.2. The molecule has 0 radical (unpaired) electrons. The molecule has 1 aliphatic heterocycles. The summed E-state index contributed by atoms with van der Waals surface area (Å²) in [4.78, 5) is 14.2. The zero-order valence-corrected chi connectivity index (χ0v) is 15.2. The predicted octanol–water partition coefficient (Wildman–Crippen LogP) is 4.22. The second-order valence-electron chi connectivity index (χ2n) is 6.58. The highest BCUT2D eigenvalue weighted by Crippen LogP contribution is 2.24. The van der Waals surface area contributed by atoms with Gasteiger partial charge in [-0.3, -0.25) is 4.79 Å². The maximum Gasteiger partial charge on any atom is 0.254 e. The molecule has 0 spiro atoms. The van der Waals surface area contributed by atoms with Crippen LogP contribution in [0.1, 0.15) is 41.7 Å². The molecule has 0 bridgehead atoms. The summed E-state index contributed by atoms with van der Waals surface area (Å²) in [6, 6.07) is 13.2. The lowest BCUT2D eigenvalue weighted by Gasteiger charge is -2.26. The van der Waals surface area contributed by atoms with Crippen molar-refractivity contribution < 1.29 is 18.7 Å². The van der Waals surface area contributed by atoms with Gasteiger partial charge >= 0.3 is 0 Å². The molecule has 1 fully saturated rings. The second-order valence-corrected chi connectivity index (χ2v) is 6.58. The molecule has 1 amide bonds. The van der Waals surface area contributed by atoms with Gasteiger partial charge in [-0.2, -0.15) is 0 Å². The van der Waals surface area contributed by atoms with E-state index in [9.17, 15) is 9.18 Å². The van der Waals surface area contributed by atoms with Gasteiger partial charge in [0.2, 0.25) is 0 Å². The number of hydrogen-bond donors (Lipinski definition) is 0. The Hall–Kier alpha value is -2.40. The van der Waals surface area contributed by atoms with Gasteiger partial charge in [-0.25, -0.2) is 4.39 Å². The van der Waals surface area contributed by atoms with E-state index in [1.165, 1.54) is 6.07 Å². The molecule has 1 saturated heterocycles. The first-order chi connectivity index (χ1) is 12.6. The normalized spacial score (nSPS) is 17.7. The van der Waals surface area contributed by atoms with Gasteiger partial charge in [-0.05, 0) is 50.1 Å². The van der Waals surface area contributed by atoms with E-state index in [4.69, 9.17) is 9.47 Å². The highest BCUT2D eigenvalue weighted by atomic mass is 19.1. The van der Waals surface area contributed by atoms with Gasteiger partial charge in [0.15, 0.2) is 0 Å². The number of amides is 1. The van der Waals surface area contributed by atoms with Gasteiger partial charge in [0.25, 0.3) is 5.91 Å². The topological polar surface area (TPSA) is 38.8 Å². The van der Waals surface area contributed by atoms with Crippen molar-refractivity contribution in [1.82, 2.24) is 4.90 Å². The fourth-order valence-corrected chi connectivity index (χ4v) is 3.06. The van der Waals surface area contributed by atoms with Crippen LogP contribution in [-0.2, 0) is 4.74 Å². The number of halogens is 1. The van der Waals surface area contributed by atoms with E-state index in [0.717, 1.165) is 19.4 Å². The van der Waals surface area contributed by atoms with E-state index in [1.54, 1.807) is 54.4 Å². The highest BCUT2D eigenvalue weighted by Gasteiger charge is 2.21. The molecule has 2 unspecified atom stereocenters. The van der Waals surface area contributed by atoms with Crippen LogP contribution in [0.25, 0.3) is 0 Å². The smallest absolute Gasteiger partial charge is 0.254 e. The lowest BCUT2D eigenvalue weighted by atomic mass is 10.1. The molecule has 1 heterocycles. The van der Waals surface area contributed by atoms with Gasteiger partial charge < -0.3 is 14.4 Å². The molecule has 4 nitrogen and oxygen atoms in total. The first kappa shape index (κ1) is 18.4. The summed E-state index contributed by atoms with van der Waals surface area (Å²) >= 11 is 0. The Morgan fingerprint density at radius 1 is 1.27 bits per heavy atom. The Morgan fingerprint density at radius 2 is 2.00 bits per heavy atom. The monoisotopic (exact) mass is 357 g/mol. The first-order valence-corrected chi connectivity index (χ1v) is 8.92. The predicted molar refractivity (Wildman–Crippen MR) is 97.8 cm³/mol. The van der Waals surface area contributed by atoms with Crippen LogP contribution >= 0.6 is 0 Å². The summed E-state index contributed by atoms with van der Waals surface area (Å²) in [7, 11) is 1.68. The molecule has 2 aromatic carbocycles. The molecule has 0 aromatic heterocycles. The highest BCUT2D eigenvalue weighted by molar-refractivity contribution is 5.94. The Morgan fingerprint density at radius 3 is 2.65 bits per heavy atom. The number of benzene rings is 2. The Balaban J connectivity index is 1.62. The summed E-state index contributed by atoms with van der Waals surface area (Å²) in [5.41, 5.74) is 1.04. The van der Waals surface area contributed by atoms with Crippen LogP contribution < -0.4 is 4.74 Å². The van der Waals surface area contributed by atoms with Crippen LogP contribution in [0.3, 0.4) is 0 Å². The van der Waals surface area contributed by atoms with E-state index in [1.807, 2.05) is 6.92 Å². The SMILES string of the molecule is CC(c1ccccc1F)N(C)C(=O)c1ccc(OCC2CCCO2)cc1. The van der Waals surface area contributed by atoms with Crippen molar-refractivity contribution in [3.8, 4) is 5.75 Å². The number of ether oxygens (including phenoxy) is 2. The molecule has 0 saturated carbocycles. The van der Waals surface area contributed by atoms with Crippen LogP contribution in [0.5, 0.6) is 5.75 Å². The largest absolute Gasteiger partial charge is 0.491 e. The average Bonchev–Trinajstić information content (AvgIpc) is 3.19. The lowest BCUT2D eigenvalue weighted by Crippen LogP contribution is -2.30. The summed E-state index contributed by atoms with van der Waals surface area (Å²) in [5.74, 6) is 0.241. The van der Waals surface area contributed by atoms with Crippen molar-refractivity contribution in [3.05, 3.63) is 65.5 Å². The molecular weight excluding hydrogens is 333 g/mol. The van der Waals surface area contributed by atoms with Gasteiger partial charge in [0.1, 0.15) is 18.2 Å². The molecular formula is C21H24FNO3. The molecule has 3 rings (SSSR count). The van der Waals surface area contributed by atoms with Crippen LogP contribution in [-0.4, -0.2) is 37.2 Å². The van der Waals surface area contributed by atoms with Crippen LogP contribution in [0.2, 0.25) is 0 Å². The van der Waals surface area contributed by atoms with Crippen LogP contribution in [0.4, 0.5) is 4.39 Å². The molecule has 138 valence electrons. The van der Waals surface area contributed by atoms with E-state index < -0.39 is 0 Å². The van der Waals surface area contributed by atoms with Gasteiger partial charge in [0, 0.05) is 24.8 Å². The first-order valence-electron chi connectivity index (χ1n) is 8.92. The summed E-state index contributed by atoms with van der Waals surface area (Å²) in [6.07, 6.45) is 2.26. The molecule has 0 aliphatic carbocycles. The lowest BCUT2D eigenvalue weighted by molar-refractivity contribution is 0.0678. The zero-order chi connectivity index (χ0) is 18.5. The number of hydrogen-bond acceptors (Lipinski definition) is 3. The van der Waals surface area contributed by atoms with E-state index in [2.05, 4.69) is 0 Å². The fourth-order valence-electron chi connectivity index (χ4n) is 3.06. The third-order valence-corrected chi connectivity index (χ3v) is 4.82. The molecule has 2 aromatic rings. The Kier molecular flexibility index (Phi) is 5.89. The van der Waals surface area contributed by atoms with E-state index >= 15 is 0 Å². The molecule has 0 N–H and O–H groups in total. The van der Waals surface area contributed by atoms with Crippen LogP contribution in [0.15, 0.2) is 48.5 Å². The van der Waals surface area contributed by atoms with Crippen LogP contribution in [0, 0.1) is 5.82 Å². The third-order valence-electron chi connectivity index (χ3n) is 4.82. The Bertz CT molecular complexity index is 741. The number of rotatable bonds is 6. The average molecular weight is 357 g/mol. The number of nitrogens with zero attached hydrogens (tertiary/aromatic N) is 1. The maximum absolute atomic E-state index is 14.0. The fraction of sp³-hybridized carbons (Fsp3) is 0.381. The third kappa shape index (κ3) is 4.22.